The van der Waals surface area contributed by atoms with Crippen LogP contribution in [0.15, 0.2) is 24.7 Å². The Balaban J connectivity index is 2.02. The Morgan fingerprint density at radius 1 is 1.40 bits per heavy atom. The molecule has 0 amide bonds. The van der Waals surface area contributed by atoms with Gasteiger partial charge in [0.05, 0.1) is 6.33 Å². The van der Waals surface area contributed by atoms with Crippen molar-refractivity contribution in [2.24, 2.45) is 0 Å². The molecule has 1 fully saturated rings. The Hall–Kier alpha value is -1.42. The fourth-order valence-corrected chi connectivity index (χ4v) is 2.21. The fourth-order valence-electron chi connectivity index (χ4n) is 2.21. The zero-order chi connectivity index (χ0) is 10.1. The van der Waals surface area contributed by atoms with E-state index in [0.717, 1.165) is 24.3 Å². The van der Waals surface area contributed by atoms with Gasteiger partial charge in [-0.15, -0.1) is 0 Å². The number of fused-ring (bicyclic) bond motifs is 1. The van der Waals surface area contributed by atoms with Gasteiger partial charge in [0.2, 0.25) is 0 Å². The van der Waals surface area contributed by atoms with Crippen LogP contribution in [0.1, 0.15) is 18.9 Å². The average molecular weight is 202 g/mol. The van der Waals surface area contributed by atoms with Crippen molar-refractivity contribution in [1.82, 2.24) is 19.9 Å². The molecular formula is C11H14N4. The highest BCUT2D eigenvalue weighted by Gasteiger charge is 2.16. The van der Waals surface area contributed by atoms with Crippen LogP contribution in [0.3, 0.4) is 0 Å². The van der Waals surface area contributed by atoms with Crippen LogP contribution in [0, 0.1) is 0 Å². The van der Waals surface area contributed by atoms with Crippen LogP contribution in [0.4, 0.5) is 0 Å². The van der Waals surface area contributed by atoms with E-state index in [1.54, 1.807) is 0 Å². The van der Waals surface area contributed by atoms with Gasteiger partial charge in [-0.3, -0.25) is 0 Å². The maximum absolute atomic E-state index is 4.39. The van der Waals surface area contributed by atoms with E-state index in [-0.39, 0.29) is 0 Å². The largest absolute Gasteiger partial charge is 0.315 e. The average Bonchev–Trinajstić information content (AvgIpc) is 2.74. The highest BCUT2D eigenvalue weighted by Crippen LogP contribution is 2.20. The van der Waals surface area contributed by atoms with Crippen LogP contribution in [0.5, 0.6) is 0 Å². The predicted molar refractivity (Wildman–Crippen MR) is 58.7 cm³/mol. The molecule has 1 saturated heterocycles. The second kappa shape index (κ2) is 3.62. The molecule has 0 saturated carbocycles. The maximum atomic E-state index is 4.39. The molecule has 3 heterocycles. The summed E-state index contributed by atoms with van der Waals surface area (Å²) >= 11 is 0. The van der Waals surface area contributed by atoms with Crippen LogP contribution < -0.4 is 5.32 Å². The predicted octanol–water partition coefficient (Wildman–Crippen LogP) is 1.36. The maximum Gasteiger partial charge on any atom is 0.160 e. The molecular weight excluding hydrogens is 188 g/mol. The van der Waals surface area contributed by atoms with Crippen molar-refractivity contribution in [2.45, 2.75) is 18.9 Å². The van der Waals surface area contributed by atoms with Crippen LogP contribution in [-0.2, 0) is 0 Å². The molecule has 0 bridgehead atoms. The SMILES string of the molecule is c1cnc2c(c1)ncn2C1CCCNC1. The molecule has 78 valence electrons. The van der Waals surface area contributed by atoms with E-state index >= 15 is 0 Å². The third-order valence-electron chi connectivity index (χ3n) is 3.00. The third-order valence-corrected chi connectivity index (χ3v) is 3.00. The lowest BCUT2D eigenvalue weighted by Crippen LogP contribution is -2.31. The number of hydrogen-bond donors (Lipinski definition) is 1. The molecule has 2 aromatic rings. The van der Waals surface area contributed by atoms with Crippen molar-refractivity contribution in [1.29, 1.82) is 0 Å². The van der Waals surface area contributed by atoms with Gasteiger partial charge in [0.1, 0.15) is 5.52 Å². The zero-order valence-electron chi connectivity index (χ0n) is 8.56. The topological polar surface area (TPSA) is 42.7 Å². The summed E-state index contributed by atoms with van der Waals surface area (Å²) in [6, 6.07) is 4.45. The first-order valence-corrected chi connectivity index (χ1v) is 5.43. The summed E-state index contributed by atoms with van der Waals surface area (Å²) in [6.45, 7) is 2.17. The molecule has 3 rings (SSSR count). The molecule has 1 atom stereocenters. The Morgan fingerprint density at radius 3 is 3.27 bits per heavy atom. The van der Waals surface area contributed by atoms with E-state index in [0.29, 0.717) is 6.04 Å². The summed E-state index contributed by atoms with van der Waals surface area (Å²) < 4.78 is 2.20. The Kier molecular flexibility index (Phi) is 2.14. The minimum absolute atomic E-state index is 0.513. The Bertz CT molecular complexity index is 456. The number of rotatable bonds is 1. The van der Waals surface area contributed by atoms with E-state index in [2.05, 4.69) is 19.9 Å². The monoisotopic (exact) mass is 202 g/mol. The van der Waals surface area contributed by atoms with E-state index in [4.69, 9.17) is 0 Å². The molecule has 15 heavy (non-hydrogen) atoms. The van der Waals surface area contributed by atoms with Gasteiger partial charge < -0.3 is 9.88 Å². The number of nitrogens with zero attached hydrogens (tertiary/aromatic N) is 3. The second-order valence-corrected chi connectivity index (χ2v) is 4.00. The van der Waals surface area contributed by atoms with Crippen molar-refractivity contribution in [3.8, 4) is 0 Å². The third kappa shape index (κ3) is 1.51. The molecule has 0 aromatic carbocycles. The van der Waals surface area contributed by atoms with Gasteiger partial charge in [-0.05, 0) is 31.5 Å². The molecule has 0 radical (unpaired) electrons. The van der Waals surface area contributed by atoms with E-state index < -0.39 is 0 Å². The van der Waals surface area contributed by atoms with Gasteiger partial charge in [0.25, 0.3) is 0 Å². The first kappa shape index (κ1) is 8.85. The molecule has 0 spiro atoms. The van der Waals surface area contributed by atoms with Gasteiger partial charge in [-0.1, -0.05) is 0 Å². The van der Waals surface area contributed by atoms with Crippen molar-refractivity contribution in [3.63, 3.8) is 0 Å². The zero-order valence-corrected chi connectivity index (χ0v) is 8.56. The van der Waals surface area contributed by atoms with E-state index in [1.165, 1.54) is 12.8 Å². The van der Waals surface area contributed by atoms with Crippen LogP contribution in [-0.4, -0.2) is 27.6 Å². The number of nitrogens with one attached hydrogen (secondary N) is 1. The number of piperidine rings is 1. The summed E-state index contributed by atoms with van der Waals surface area (Å²) in [5, 5.41) is 3.41. The normalized spacial score (nSPS) is 22.0. The van der Waals surface area contributed by atoms with Gasteiger partial charge in [-0.25, -0.2) is 9.97 Å². The van der Waals surface area contributed by atoms with Crippen LogP contribution >= 0.6 is 0 Å². The standard InChI is InChI=1S/C11H14N4/c1-3-9(7-12-5-1)15-8-14-10-4-2-6-13-11(10)15/h2,4,6,8-9,12H,1,3,5,7H2. The first-order valence-electron chi connectivity index (χ1n) is 5.43. The van der Waals surface area contributed by atoms with Gasteiger partial charge in [0.15, 0.2) is 5.65 Å². The lowest BCUT2D eigenvalue weighted by molar-refractivity contribution is 0.376. The summed E-state index contributed by atoms with van der Waals surface area (Å²) in [7, 11) is 0. The molecule has 4 heteroatoms. The van der Waals surface area contributed by atoms with Crippen LogP contribution in [0.25, 0.3) is 11.2 Å². The number of imidazole rings is 1. The van der Waals surface area contributed by atoms with Crippen LogP contribution in [0.2, 0.25) is 0 Å². The Labute approximate surface area is 88.3 Å². The summed E-state index contributed by atoms with van der Waals surface area (Å²) in [5.74, 6) is 0. The lowest BCUT2D eigenvalue weighted by Gasteiger charge is -2.24. The highest BCUT2D eigenvalue weighted by molar-refractivity contribution is 5.70. The number of aromatic nitrogens is 3. The van der Waals surface area contributed by atoms with Gasteiger partial charge >= 0.3 is 0 Å². The molecule has 1 unspecified atom stereocenters. The Morgan fingerprint density at radius 2 is 2.40 bits per heavy atom. The molecule has 0 aliphatic carbocycles. The molecule has 1 aliphatic rings. The summed E-state index contributed by atoms with van der Waals surface area (Å²) in [5.41, 5.74) is 1.99. The van der Waals surface area contributed by atoms with Crippen molar-refractivity contribution >= 4 is 11.2 Å². The highest BCUT2D eigenvalue weighted by atomic mass is 15.1. The van der Waals surface area contributed by atoms with E-state index in [9.17, 15) is 0 Å². The smallest absolute Gasteiger partial charge is 0.160 e. The van der Waals surface area contributed by atoms with Gasteiger partial charge in [-0.2, -0.15) is 0 Å². The molecule has 2 aromatic heterocycles. The summed E-state index contributed by atoms with van der Waals surface area (Å²) in [6.07, 6.45) is 6.19. The minimum Gasteiger partial charge on any atom is -0.315 e. The van der Waals surface area contributed by atoms with Crippen molar-refractivity contribution in [3.05, 3.63) is 24.7 Å². The molecule has 4 nitrogen and oxygen atoms in total. The number of hydrogen-bond acceptors (Lipinski definition) is 3. The first-order chi connectivity index (χ1) is 7.45. The summed E-state index contributed by atoms with van der Waals surface area (Å²) in [4.78, 5) is 8.76. The molecule has 1 N–H and O–H groups in total. The minimum atomic E-state index is 0.513. The lowest BCUT2D eigenvalue weighted by atomic mass is 10.1. The fraction of sp³-hybridized carbons (Fsp3) is 0.455. The second-order valence-electron chi connectivity index (χ2n) is 4.00. The number of pyridine rings is 1. The quantitative estimate of drug-likeness (QED) is 0.759. The van der Waals surface area contributed by atoms with E-state index in [1.807, 2.05) is 24.7 Å². The van der Waals surface area contributed by atoms with Gasteiger partial charge in [0, 0.05) is 18.8 Å². The van der Waals surface area contributed by atoms with Crippen molar-refractivity contribution < 1.29 is 0 Å². The molecule has 1 aliphatic heterocycles. The van der Waals surface area contributed by atoms with Crippen molar-refractivity contribution in [2.75, 3.05) is 13.1 Å².